The molecule has 4 atom stereocenters. The fraction of sp³-hybridized carbons (Fsp3) is 0.522. The lowest BCUT2D eigenvalue weighted by Crippen LogP contribution is -2.41. The second-order valence-electron chi connectivity index (χ2n) is 8.61. The van der Waals surface area contributed by atoms with Gasteiger partial charge in [-0.05, 0) is 38.3 Å². The van der Waals surface area contributed by atoms with Crippen molar-refractivity contribution in [2.75, 3.05) is 24.5 Å². The molecule has 1 aromatic heterocycles. The summed E-state index contributed by atoms with van der Waals surface area (Å²) in [5, 5.41) is 3.16. The van der Waals surface area contributed by atoms with Gasteiger partial charge in [0, 0.05) is 48.8 Å². The minimum Gasteiger partial charge on any atom is -0.369 e. The molecule has 1 spiro atoms. The molecule has 0 unspecified atom stereocenters. The minimum atomic E-state index is -0.0866. The van der Waals surface area contributed by atoms with Crippen LogP contribution >= 0.6 is 0 Å². The smallest absolute Gasteiger partial charge is 0.251 e. The lowest BCUT2D eigenvalue weighted by atomic mass is 9.73. The largest absolute Gasteiger partial charge is 0.369 e. The Kier molecular flexibility index (Phi) is 4.54. The van der Waals surface area contributed by atoms with E-state index in [4.69, 9.17) is 9.72 Å². The van der Waals surface area contributed by atoms with E-state index in [1.165, 1.54) is 5.56 Å². The molecule has 1 amide bonds. The van der Waals surface area contributed by atoms with Crippen LogP contribution in [0.2, 0.25) is 0 Å². The molecule has 3 aliphatic rings. The van der Waals surface area contributed by atoms with Crippen LogP contribution in [0.5, 0.6) is 0 Å². The number of carbonyl (C=O) groups excluding carboxylic acids is 1. The molecule has 6 nitrogen and oxygen atoms in total. The maximum atomic E-state index is 12.5. The Hall–Kier alpha value is -2.47. The van der Waals surface area contributed by atoms with Gasteiger partial charge >= 0.3 is 0 Å². The number of rotatable bonds is 5. The van der Waals surface area contributed by atoms with Gasteiger partial charge in [0.2, 0.25) is 0 Å². The van der Waals surface area contributed by atoms with E-state index < -0.39 is 0 Å². The zero-order valence-corrected chi connectivity index (χ0v) is 17.1. The topological polar surface area (TPSA) is 67.4 Å². The summed E-state index contributed by atoms with van der Waals surface area (Å²) < 4.78 is 6.55. The van der Waals surface area contributed by atoms with Gasteiger partial charge in [-0.25, -0.2) is 9.97 Å². The summed E-state index contributed by atoms with van der Waals surface area (Å²) in [5.41, 5.74) is 1.82. The first-order valence-electron chi connectivity index (χ1n) is 10.7. The van der Waals surface area contributed by atoms with Crippen LogP contribution in [0, 0.1) is 18.8 Å². The lowest BCUT2D eigenvalue weighted by Gasteiger charge is -2.29. The Morgan fingerprint density at radius 1 is 1.34 bits per heavy atom. The first kappa shape index (κ1) is 18.6. The molecular weight excluding hydrogens is 364 g/mol. The number of aromatic nitrogens is 2. The molecule has 2 aromatic rings. The zero-order valence-electron chi connectivity index (χ0n) is 17.1. The third kappa shape index (κ3) is 3.10. The summed E-state index contributed by atoms with van der Waals surface area (Å²) in [6.45, 7) is 6.59. The van der Waals surface area contributed by atoms with Crippen molar-refractivity contribution in [2.24, 2.45) is 11.8 Å². The van der Waals surface area contributed by atoms with Gasteiger partial charge in [0.05, 0.1) is 11.7 Å². The average Bonchev–Trinajstić information content (AvgIpc) is 3.41. The Labute approximate surface area is 171 Å². The molecule has 0 saturated carbocycles. The van der Waals surface area contributed by atoms with Crippen molar-refractivity contribution in [1.82, 2.24) is 15.3 Å². The van der Waals surface area contributed by atoms with E-state index in [1.807, 2.05) is 43.5 Å². The van der Waals surface area contributed by atoms with Crippen molar-refractivity contribution in [1.29, 1.82) is 0 Å². The number of fused-ring (bicyclic) bond motifs is 1. The van der Waals surface area contributed by atoms with Gasteiger partial charge in [0.15, 0.2) is 0 Å². The maximum Gasteiger partial charge on any atom is 0.251 e. The van der Waals surface area contributed by atoms with Gasteiger partial charge in [0.25, 0.3) is 5.91 Å². The van der Waals surface area contributed by atoms with E-state index in [1.54, 1.807) is 0 Å². The summed E-state index contributed by atoms with van der Waals surface area (Å²) >= 11 is 0. The third-order valence-electron chi connectivity index (χ3n) is 6.96. The third-order valence-corrected chi connectivity index (χ3v) is 6.96. The first-order valence-corrected chi connectivity index (χ1v) is 10.7. The van der Waals surface area contributed by atoms with Crippen LogP contribution in [0.25, 0.3) is 0 Å². The molecule has 29 heavy (non-hydrogen) atoms. The maximum absolute atomic E-state index is 12.5. The first-order chi connectivity index (χ1) is 14.1. The van der Waals surface area contributed by atoms with Crippen molar-refractivity contribution < 1.29 is 9.53 Å². The summed E-state index contributed by atoms with van der Waals surface area (Å²) in [6.07, 6.45) is 5.33. The molecule has 152 valence electrons. The summed E-state index contributed by atoms with van der Waals surface area (Å²) in [6, 6.07) is 9.43. The van der Waals surface area contributed by atoms with Gasteiger partial charge in [-0.2, -0.15) is 0 Å². The normalized spacial score (nSPS) is 29.9. The van der Waals surface area contributed by atoms with E-state index in [2.05, 4.69) is 22.1 Å². The van der Waals surface area contributed by atoms with E-state index in [9.17, 15) is 4.79 Å². The molecule has 3 fully saturated rings. The minimum absolute atomic E-state index is 0.00280. The van der Waals surface area contributed by atoms with E-state index in [0.717, 1.165) is 44.0 Å². The number of nitrogens with one attached hydrogen (secondary N) is 1. The number of carbonyl (C=O) groups is 1. The predicted molar refractivity (Wildman–Crippen MR) is 111 cm³/mol. The van der Waals surface area contributed by atoms with Crippen LogP contribution in [0.1, 0.15) is 41.5 Å². The van der Waals surface area contributed by atoms with Crippen molar-refractivity contribution >= 4 is 11.7 Å². The number of hydrogen-bond donors (Lipinski definition) is 1. The fourth-order valence-electron chi connectivity index (χ4n) is 5.53. The molecule has 3 aliphatic heterocycles. The quantitative estimate of drug-likeness (QED) is 0.848. The van der Waals surface area contributed by atoms with Crippen LogP contribution in [-0.2, 0) is 11.2 Å². The van der Waals surface area contributed by atoms with Crippen LogP contribution in [0.4, 0.5) is 5.82 Å². The second kappa shape index (κ2) is 7.10. The number of ether oxygens (including phenoxy) is 1. The van der Waals surface area contributed by atoms with Crippen LogP contribution < -0.4 is 10.2 Å². The molecule has 4 heterocycles. The molecular formula is C23H28N4O2. The fourth-order valence-corrected chi connectivity index (χ4v) is 5.53. The number of anilines is 1. The Bertz CT molecular complexity index is 918. The number of benzene rings is 1. The number of hydrogen-bond acceptors (Lipinski definition) is 5. The van der Waals surface area contributed by atoms with Crippen LogP contribution in [0.15, 0.2) is 36.5 Å². The van der Waals surface area contributed by atoms with Gasteiger partial charge in [-0.15, -0.1) is 0 Å². The van der Waals surface area contributed by atoms with Gasteiger partial charge in [-0.1, -0.05) is 25.1 Å². The SMILES string of the molecule is CCc1cnc(C)nc1N1C[C@@H]2[C@H](CNC(=O)c3ccccc3)[C@H]3CC[C@]2(C1)O3. The standard InChI is InChI=1S/C23H28N4O2/c1-3-16-11-24-15(2)26-21(16)27-13-19-18(20-9-10-23(19,14-27)29-20)12-25-22(28)17-7-5-4-6-8-17/h4-8,11,18-20H,3,9-10,12-14H2,1-2H3,(H,25,28)/t18-,19+,20+,23+/m0/s1. The highest BCUT2D eigenvalue weighted by molar-refractivity contribution is 5.94. The van der Waals surface area contributed by atoms with Crippen molar-refractivity contribution in [3.63, 3.8) is 0 Å². The average molecular weight is 393 g/mol. The second-order valence-corrected chi connectivity index (χ2v) is 8.61. The summed E-state index contributed by atoms with van der Waals surface area (Å²) in [7, 11) is 0. The van der Waals surface area contributed by atoms with Crippen molar-refractivity contribution in [2.45, 2.75) is 44.8 Å². The number of aryl methyl sites for hydroxylation is 2. The Balaban J connectivity index is 1.33. The Morgan fingerprint density at radius 2 is 2.17 bits per heavy atom. The highest BCUT2D eigenvalue weighted by Crippen LogP contribution is 2.55. The van der Waals surface area contributed by atoms with Gasteiger partial charge in [-0.3, -0.25) is 4.79 Å². The molecule has 2 bridgehead atoms. The predicted octanol–water partition coefficient (Wildman–Crippen LogP) is 2.76. The molecule has 1 aromatic carbocycles. The molecule has 0 radical (unpaired) electrons. The van der Waals surface area contributed by atoms with E-state index >= 15 is 0 Å². The number of nitrogens with zero attached hydrogens (tertiary/aromatic N) is 3. The van der Waals surface area contributed by atoms with E-state index in [0.29, 0.717) is 23.9 Å². The van der Waals surface area contributed by atoms with Gasteiger partial charge < -0.3 is 15.0 Å². The summed E-state index contributed by atoms with van der Waals surface area (Å²) in [4.78, 5) is 24.1. The highest BCUT2D eigenvalue weighted by atomic mass is 16.5. The molecule has 0 aliphatic carbocycles. The van der Waals surface area contributed by atoms with Crippen LogP contribution in [-0.4, -0.2) is 47.2 Å². The zero-order chi connectivity index (χ0) is 20.0. The molecule has 6 heteroatoms. The van der Waals surface area contributed by atoms with Crippen molar-refractivity contribution in [3.05, 3.63) is 53.5 Å². The van der Waals surface area contributed by atoms with E-state index in [-0.39, 0.29) is 17.6 Å². The molecule has 1 N–H and O–H groups in total. The van der Waals surface area contributed by atoms with Crippen LogP contribution in [0.3, 0.4) is 0 Å². The Morgan fingerprint density at radius 3 is 2.97 bits per heavy atom. The number of amides is 1. The lowest BCUT2D eigenvalue weighted by molar-refractivity contribution is 0.0141. The molecule has 3 saturated heterocycles. The monoisotopic (exact) mass is 392 g/mol. The molecule has 5 rings (SSSR count). The highest BCUT2D eigenvalue weighted by Gasteiger charge is 2.63. The summed E-state index contributed by atoms with van der Waals surface area (Å²) in [5.74, 6) is 2.65. The van der Waals surface area contributed by atoms with Crippen molar-refractivity contribution in [3.8, 4) is 0 Å². The van der Waals surface area contributed by atoms with Gasteiger partial charge in [0.1, 0.15) is 11.6 Å².